The van der Waals surface area contributed by atoms with E-state index in [0.29, 0.717) is 28.0 Å². The van der Waals surface area contributed by atoms with Gasteiger partial charge in [-0.3, -0.25) is 13.9 Å². The number of carbonyl (C=O) groups excluding carboxylic acids is 2. The summed E-state index contributed by atoms with van der Waals surface area (Å²) in [4.78, 5) is 29.0. The molecule has 0 unspecified atom stereocenters. The summed E-state index contributed by atoms with van der Waals surface area (Å²) in [6.07, 6.45) is 0.208. The Kier molecular flexibility index (Phi) is 11.3. The number of rotatable bonds is 13. The van der Waals surface area contributed by atoms with Crippen molar-refractivity contribution in [2.75, 3.05) is 24.5 Å². The van der Waals surface area contributed by atoms with E-state index in [1.54, 1.807) is 48.5 Å². The van der Waals surface area contributed by atoms with Crippen LogP contribution in [-0.2, 0) is 32.6 Å². The summed E-state index contributed by atoms with van der Waals surface area (Å²) in [5, 5.41) is 3.50. The number of benzene rings is 4. The Morgan fingerprint density at radius 2 is 1.50 bits per heavy atom. The van der Waals surface area contributed by atoms with Gasteiger partial charge in [0.2, 0.25) is 11.8 Å². The molecule has 4 aromatic carbocycles. The second-order valence-corrected chi connectivity index (χ2v) is 12.6. The minimum Gasteiger partial charge on any atom is -0.494 e. The van der Waals surface area contributed by atoms with Crippen molar-refractivity contribution < 1.29 is 22.7 Å². The number of likely N-dealkylation sites (N-methyl/N-ethyl adjacent to an activating group) is 1. The van der Waals surface area contributed by atoms with Gasteiger partial charge in [0.15, 0.2) is 0 Å². The van der Waals surface area contributed by atoms with E-state index in [0.717, 1.165) is 9.87 Å². The Morgan fingerprint density at radius 3 is 2.11 bits per heavy atom. The zero-order valence-electron chi connectivity index (χ0n) is 24.3. The van der Waals surface area contributed by atoms with Crippen LogP contribution in [0.3, 0.4) is 0 Å². The number of sulfonamides is 1. The summed E-state index contributed by atoms with van der Waals surface area (Å²) in [7, 11) is -2.75. The largest absolute Gasteiger partial charge is 0.494 e. The lowest BCUT2D eigenvalue weighted by Gasteiger charge is -2.33. The average Bonchev–Trinajstić information content (AvgIpc) is 3.02. The molecule has 0 aliphatic rings. The second-order valence-electron chi connectivity index (χ2n) is 9.86. The number of hydrogen-bond donors (Lipinski definition) is 1. The normalized spacial score (nSPS) is 11.8. The van der Waals surface area contributed by atoms with Gasteiger partial charge in [-0.2, -0.15) is 0 Å². The predicted octanol–water partition coefficient (Wildman–Crippen LogP) is 5.97. The first-order chi connectivity index (χ1) is 21.1. The third-order valence-electron chi connectivity index (χ3n) is 6.88. The van der Waals surface area contributed by atoms with Gasteiger partial charge in [-0.1, -0.05) is 65.7 Å². The van der Waals surface area contributed by atoms with E-state index in [-0.39, 0.29) is 23.5 Å². The van der Waals surface area contributed by atoms with Gasteiger partial charge in [0, 0.05) is 30.1 Å². The molecular weight excluding hydrogens is 621 g/mol. The number of amides is 2. The molecule has 0 aliphatic heterocycles. The number of ether oxygens (including phenoxy) is 1. The molecule has 2 amide bonds. The van der Waals surface area contributed by atoms with Gasteiger partial charge in [0.1, 0.15) is 18.3 Å². The molecule has 230 valence electrons. The molecule has 0 heterocycles. The van der Waals surface area contributed by atoms with Crippen molar-refractivity contribution in [2.45, 2.75) is 30.8 Å². The van der Waals surface area contributed by atoms with E-state index in [2.05, 4.69) is 5.32 Å². The summed E-state index contributed by atoms with van der Waals surface area (Å²) < 4.78 is 34.7. The second kappa shape index (κ2) is 15.1. The van der Waals surface area contributed by atoms with Gasteiger partial charge in [0.05, 0.1) is 17.2 Å². The quantitative estimate of drug-likeness (QED) is 0.192. The Hall–Kier alpha value is -4.05. The number of carbonyl (C=O) groups is 2. The summed E-state index contributed by atoms with van der Waals surface area (Å²) >= 11 is 12.3. The number of hydrogen-bond acceptors (Lipinski definition) is 5. The molecule has 11 heteroatoms. The molecule has 0 bridgehead atoms. The molecular formula is C33H33Cl2N3O5S. The smallest absolute Gasteiger partial charge is 0.264 e. The van der Waals surface area contributed by atoms with Crippen molar-refractivity contribution in [1.82, 2.24) is 10.2 Å². The molecule has 0 radical (unpaired) electrons. The van der Waals surface area contributed by atoms with Crippen LogP contribution >= 0.6 is 23.2 Å². The molecule has 1 atom stereocenters. The highest BCUT2D eigenvalue weighted by molar-refractivity contribution is 7.92. The Bertz CT molecular complexity index is 1670. The van der Waals surface area contributed by atoms with Gasteiger partial charge in [-0.25, -0.2) is 8.42 Å². The topological polar surface area (TPSA) is 96.0 Å². The molecule has 44 heavy (non-hydrogen) atoms. The van der Waals surface area contributed by atoms with Crippen molar-refractivity contribution in [3.05, 3.63) is 124 Å². The van der Waals surface area contributed by atoms with E-state index in [1.165, 1.54) is 36.2 Å². The Balaban J connectivity index is 1.78. The maximum atomic E-state index is 14.3. The highest BCUT2D eigenvalue weighted by Gasteiger charge is 2.34. The van der Waals surface area contributed by atoms with Crippen LogP contribution < -0.4 is 14.4 Å². The molecule has 0 saturated heterocycles. The fraction of sp³-hybridized carbons (Fsp3) is 0.212. The summed E-state index contributed by atoms with van der Waals surface area (Å²) in [6.45, 7) is 1.71. The third-order valence-corrected chi connectivity index (χ3v) is 9.15. The monoisotopic (exact) mass is 653 g/mol. The van der Waals surface area contributed by atoms with E-state index in [9.17, 15) is 18.0 Å². The van der Waals surface area contributed by atoms with Crippen molar-refractivity contribution >= 4 is 50.7 Å². The molecule has 0 fully saturated rings. The van der Waals surface area contributed by atoms with Crippen LogP contribution in [0.15, 0.2) is 108 Å². The van der Waals surface area contributed by atoms with Gasteiger partial charge in [-0.15, -0.1) is 0 Å². The van der Waals surface area contributed by atoms with E-state index < -0.39 is 34.4 Å². The van der Waals surface area contributed by atoms with Crippen LogP contribution in [-0.4, -0.2) is 51.4 Å². The van der Waals surface area contributed by atoms with Crippen LogP contribution in [0.25, 0.3) is 0 Å². The van der Waals surface area contributed by atoms with Crippen LogP contribution in [0.1, 0.15) is 18.1 Å². The maximum absolute atomic E-state index is 14.3. The molecule has 0 aliphatic carbocycles. The molecule has 8 nitrogen and oxygen atoms in total. The molecule has 4 rings (SSSR count). The van der Waals surface area contributed by atoms with Gasteiger partial charge >= 0.3 is 0 Å². The highest BCUT2D eigenvalue weighted by atomic mass is 35.5. The Labute approximate surface area is 268 Å². The lowest BCUT2D eigenvalue weighted by atomic mass is 10.0. The first-order valence-corrected chi connectivity index (χ1v) is 16.1. The number of halogens is 2. The first-order valence-electron chi connectivity index (χ1n) is 13.9. The fourth-order valence-electron chi connectivity index (χ4n) is 4.69. The van der Waals surface area contributed by atoms with Crippen molar-refractivity contribution in [1.29, 1.82) is 0 Å². The molecule has 0 spiro atoms. The maximum Gasteiger partial charge on any atom is 0.264 e. The lowest BCUT2D eigenvalue weighted by molar-refractivity contribution is -0.139. The average molecular weight is 655 g/mol. The Morgan fingerprint density at radius 1 is 0.841 bits per heavy atom. The molecule has 4 aromatic rings. The standard InChI is InChI=1S/C33H33Cl2N3O5S/c1-3-43-29-16-14-28(15-17-29)38(44(41,42)30-18-12-26(34)13-19-30)23-32(39)37(22-25-10-7-11-27(35)20-25)31(33(40)36-2)21-24-8-5-4-6-9-24/h4-20,31H,3,21-23H2,1-2H3,(H,36,40)/t31-/m0/s1. The third kappa shape index (κ3) is 8.31. The van der Waals surface area contributed by atoms with Crippen LogP contribution in [0.5, 0.6) is 5.75 Å². The fourth-order valence-corrected chi connectivity index (χ4v) is 6.44. The van der Waals surface area contributed by atoms with Crippen molar-refractivity contribution in [3.63, 3.8) is 0 Å². The summed E-state index contributed by atoms with van der Waals surface area (Å²) in [6, 6.07) is 27.5. The highest BCUT2D eigenvalue weighted by Crippen LogP contribution is 2.28. The summed E-state index contributed by atoms with van der Waals surface area (Å²) in [5.41, 5.74) is 1.77. The zero-order valence-corrected chi connectivity index (χ0v) is 26.6. The van der Waals surface area contributed by atoms with Crippen LogP contribution in [0.2, 0.25) is 10.0 Å². The van der Waals surface area contributed by atoms with Gasteiger partial charge in [0.25, 0.3) is 10.0 Å². The van der Waals surface area contributed by atoms with E-state index in [4.69, 9.17) is 27.9 Å². The van der Waals surface area contributed by atoms with Crippen LogP contribution in [0, 0.1) is 0 Å². The number of anilines is 1. The predicted molar refractivity (Wildman–Crippen MR) is 174 cm³/mol. The summed E-state index contributed by atoms with van der Waals surface area (Å²) in [5.74, 6) is -0.421. The van der Waals surface area contributed by atoms with Crippen LogP contribution in [0.4, 0.5) is 5.69 Å². The molecule has 0 aromatic heterocycles. The minimum absolute atomic E-state index is 0.0163. The van der Waals surface area contributed by atoms with Crippen molar-refractivity contribution in [2.24, 2.45) is 0 Å². The van der Waals surface area contributed by atoms with Crippen molar-refractivity contribution in [3.8, 4) is 5.75 Å². The lowest BCUT2D eigenvalue weighted by Crippen LogP contribution is -2.53. The van der Waals surface area contributed by atoms with E-state index >= 15 is 0 Å². The molecule has 1 N–H and O–H groups in total. The van der Waals surface area contributed by atoms with Gasteiger partial charge in [-0.05, 0) is 78.7 Å². The zero-order chi connectivity index (χ0) is 31.7. The number of nitrogens with zero attached hydrogens (tertiary/aromatic N) is 2. The number of nitrogens with one attached hydrogen (secondary N) is 1. The van der Waals surface area contributed by atoms with E-state index in [1.807, 2.05) is 37.3 Å². The SMILES string of the molecule is CCOc1ccc(N(CC(=O)N(Cc2cccc(Cl)c2)[C@@H](Cc2ccccc2)C(=O)NC)S(=O)(=O)c2ccc(Cl)cc2)cc1. The minimum atomic E-state index is -4.25. The first kappa shape index (κ1) is 32.9. The molecule has 0 saturated carbocycles. The van der Waals surface area contributed by atoms with Gasteiger partial charge < -0.3 is 15.0 Å².